The van der Waals surface area contributed by atoms with Gasteiger partial charge in [-0.3, -0.25) is 10.1 Å². The molecule has 0 saturated heterocycles. The van der Waals surface area contributed by atoms with Gasteiger partial charge in [-0.25, -0.2) is 0 Å². The number of nitrogens with zero attached hydrogens (tertiary/aromatic N) is 1. The van der Waals surface area contributed by atoms with Crippen molar-refractivity contribution in [1.82, 2.24) is 5.32 Å². The van der Waals surface area contributed by atoms with Crippen LogP contribution in [0, 0.1) is 15.5 Å². The number of aliphatic hydroxyl groups excluding tert-OH is 1. The molecule has 1 aromatic carbocycles. The molecule has 0 aliphatic rings. The minimum atomic E-state index is -0.429. The Labute approximate surface area is 119 Å². The van der Waals surface area contributed by atoms with E-state index in [1.807, 2.05) is 26.8 Å². The summed E-state index contributed by atoms with van der Waals surface area (Å²) in [6.07, 6.45) is 3.11. The van der Waals surface area contributed by atoms with Gasteiger partial charge >= 0.3 is 0 Å². The van der Waals surface area contributed by atoms with Crippen LogP contribution in [0.2, 0.25) is 0 Å². The third kappa shape index (κ3) is 5.11. The normalized spacial score (nSPS) is 13.6. The zero-order valence-electron chi connectivity index (χ0n) is 12.2. The van der Waals surface area contributed by atoms with Crippen LogP contribution in [0.15, 0.2) is 30.3 Å². The van der Waals surface area contributed by atoms with Gasteiger partial charge in [0.25, 0.3) is 5.69 Å². The van der Waals surface area contributed by atoms with E-state index in [-0.39, 0.29) is 11.1 Å². The molecule has 0 amide bonds. The highest BCUT2D eigenvalue weighted by molar-refractivity contribution is 5.60. The maximum absolute atomic E-state index is 10.8. The van der Waals surface area contributed by atoms with E-state index in [1.54, 1.807) is 24.3 Å². The molecule has 0 bridgehead atoms. The lowest BCUT2D eigenvalue weighted by Crippen LogP contribution is -2.36. The number of nitrogens with one attached hydrogen (secondary N) is 1. The van der Waals surface area contributed by atoms with Crippen molar-refractivity contribution < 1.29 is 10.0 Å². The van der Waals surface area contributed by atoms with E-state index in [1.165, 1.54) is 6.07 Å². The topological polar surface area (TPSA) is 75.4 Å². The number of nitro benzene ring substituents is 1. The van der Waals surface area contributed by atoms with E-state index in [2.05, 4.69) is 5.32 Å². The second-order valence-corrected chi connectivity index (χ2v) is 5.76. The molecule has 1 aromatic rings. The molecule has 5 nitrogen and oxygen atoms in total. The standard InChI is InChI=1S/C15H22N2O3/c1-15(2,3)14(18)11-16-10-6-8-12-7-4-5-9-13(12)17(19)20/h4-9,14,16,18H,10-11H2,1-3H3/b8-6+. The predicted octanol–water partition coefficient (Wildman–Crippen LogP) is 2.60. The van der Waals surface area contributed by atoms with Gasteiger partial charge in [0.1, 0.15) is 0 Å². The fraction of sp³-hybridized carbons (Fsp3) is 0.467. The largest absolute Gasteiger partial charge is 0.391 e. The summed E-state index contributed by atoms with van der Waals surface area (Å²) in [5.41, 5.74) is 0.517. The van der Waals surface area contributed by atoms with Crippen molar-refractivity contribution in [3.8, 4) is 0 Å². The number of benzene rings is 1. The Bertz CT molecular complexity index is 478. The summed E-state index contributed by atoms with van der Waals surface area (Å²) in [5.74, 6) is 0. The lowest BCUT2D eigenvalue weighted by atomic mass is 9.89. The summed E-state index contributed by atoms with van der Waals surface area (Å²) in [6, 6.07) is 6.60. The Morgan fingerprint density at radius 1 is 1.40 bits per heavy atom. The summed E-state index contributed by atoms with van der Waals surface area (Å²) in [7, 11) is 0. The first-order chi connectivity index (χ1) is 9.32. The van der Waals surface area contributed by atoms with Gasteiger partial charge in [-0.1, -0.05) is 45.1 Å². The summed E-state index contributed by atoms with van der Waals surface area (Å²) >= 11 is 0. The van der Waals surface area contributed by atoms with Crippen LogP contribution < -0.4 is 5.32 Å². The van der Waals surface area contributed by atoms with Gasteiger partial charge in [0, 0.05) is 19.2 Å². The van der Waals surface area contributed by atoms with Crippen LogP contribution in [0.5, 0.6) is 0 Å². The van der Waals surface area contributed by atoms with E-state index in [4.69, 9.17) is 0 Å². The first-order valence-corrected chi connectivity index (χ1v) is 6.61. The summed E-state index contributed by atoms with van der Waals surface area (Å²) in [5, 5.41) is 23.8. The molecule has 0 aliphatic carbocycles. The molecule has 20 heavy (non-hydrogen) atoms. The van der Waals surface area contributed by atoms with E-state index in [0.29, 0.717) is 18.7 Å². The van der Waals surface area contributed by atoms with E-state index in [9.17, 15) is 15.2 Å². The molecule has 5 heteroatoms. The first kappa shape index (κ1) is 16.3. The van der Waals surface area contributed by atoms with Crippen molar-refractivity contribution in [3.63, 3.8) is 0 Å². The Morgan fingerprint density at radius 3 is 2.65 bits per heavy atom. The maximum atomic E-state index is 10.8. The third-order valence-electron chi connectivity index (χ3n) is 3.03. The highest BCUT2D eigenvalue weighted by atomic mass is 16.6. The Hall–Kier alpha value is -1.72. The molecule has 0 spiro atoms. The Kier molecular flexibility index (Phi) is 5.85. The number of aliphatic hydroxyl groups is 1. The Morgan fingerprint density at radius 2 is 2.05 bits per heavy atom. The molecule has 0 aliphatic heterocycles. The molecule has 0 radical (unpaired) electrons. The van der Waals surface area contributed by atoms with E-state index in [0.717, 1.165) is 0 Å². The smallest absolute Gasteiger partial charge is 0.276 e. The molecule has 2 N–H and O–H groups in total. The minimum absolute atomic E-state index is 0.0958. The van der Waals surface area contributed by atoms with Crippen molar-refractivity contribution in [2.45, 2.75) is 26.9 Å². The molecule has 0 aromatic heterocycles. The molecule has 0 heterocycles. The molecule has 1 atom stereocenters. The van der Waals surface area contributed by atoms with Crippen LogP contribution in [0.1, 0.15) is 26.3 Å². The van der Waals surface area contributed by atoms with Crippen molar-refractivity contribution >= 4 is 11.8 Å². The van der Waals surface area contributed by atoms with Gasteiger partial charge in [0.2, 0.25) is 0 Å². The second kappa shape index (κ2) is 7.17. The van der Waals surface area contributed by atoms with Crippen LogP contribution >= 0.6 is 0 Å². The van der Waals surface area contributed by atoms with Crippen LogP contribution in [-0.4, -0.2) is 29.2 Å². The second-order valence-electron chi connectivity index (χ2n) is 5.76. The number of hydrogen-bond donors (Lipinski definition) is 2. The van der Waals surface area contributed by atoms with Crippen molar-refractivity contribution in [3.05, 3.63) is 46.0 Å². The van der Waals surface area contributed by atoms with E-state index < -0.39 is 11.0 Å². The highest BCUT2D eigenvalue weighted by Gasteiger charge is 2.20. The number of para-hydroxylation sites is 1. The van der Waals surface area contributed by atoms with Crippen molar-refractivity contribution in [2.24, 2.45) is 5.41 Å². The van der Waals surface area contributed by atoms with Gasteiger partial charge < -0.3 is 10.4 Å². The number of nitro groups is 1. The lowest BCUT2D eigenvalue weighted by Gasteiger charge is -2.25. The fourth-order valence-electron chi connectivity index (χ4n) is 1.59. The average molecular weight is 278 g/mol. The fourth-order valence-corrected chi connectivity index (χ4v) is 1.59. The number of hydrogen-bond acceptors (Lipinski definition) is 4. The van der Waals surface area contributed by atoms with Crippen LogP contribution in [-0.2, 0) is 0 Å². The van der Waals surface area contributed by atoms with Gasteiger partial charge in [-0.15, -0.1) is 0 Å². The molecule has 110 valence electrons. The van der Waals surface area contributed by atoms with Gasteiger partial charge in [0.15, 0.2) is 0 Å². The minimum Gasteiger partial charge on any atom is -0.391 e. The molecule has 1 rings (SSSR count). The van der Waals surface area contributed by atoms with Crippen LogP contribution in [0.3, 0.4) is 0 Å². The lowest BCUT2D eigenvalue weighted by molar-refractivity contribution is -0.385. The summed E-state index contributed by atoms with van der Waals surface area (Å²) in [6.45, 7) is 6.97. The summed E-state index contributed by atoms with van der Waals surface area (Å²) in [4.78, 5) is 10.4. The third-order valence-corrected chi connectivity index (χ3v) is 3.03. The van der Waals surface area contributed by atoms with Crippen LogP contribution in [0.4, 0.5) is 5.69 Å². The quantitative estimate of drug-likeness (QED) is 0.476. The molecule has 0 fully saturated rings. The van der Waals surface area contributed by atoms with Crippen LogP contribution in [0.25, 0.3) is 6.08 Å². The molecule has 1 unspecified atom stereocenters. The first-order valence-electron chi connectivity index (χ1n) is 6.61. The van der Waals surface area contributed by atoms with E-state index >= 15 is 0 Å². The zero-order valence-corrected chi connectivity index (χ0v) is 12.2. The average Bonchev–Trinajstić information content (AvgIpc) is 2.37. The number of rotatable bonds is 6. The SMILES string of the molecule is CC(C)(C)C(O)CNC/C=C/c1ccccc1[N+](=O)[O-]. The highest BCUT2D eigenvalue weighted by Crippen LogP contribution is 2.19. The Balaban J connectivity index is 2.49. The van der Waals surface area contributed by atoms with Gasteiger partial charge in [0.05, 0.1) is 16.6 Å². The summed E-state index contributed by atoms with van der Waals surface area (Å²) < 4.78 is 0. The molecular formula is C15H22N2O3. The van der Waals surface area contributed by atoms with Gasteiger partial charge in [-0.2, -0.15) is 0 Å². The molecular weight excluding hydrogens is 256 g/mol. The monoisotopic (exact) mass is 278 g/mol. The van der Waals surface area contributed by atoms with Gasteiger partial charge in [-0.05, 0) is 11.5 Å². The molecule has 0 saturated carbocycles. The zero-order chi connectivity index (χ0) is 15.2. The van der Waals surface area contributed by atoms with Crippen molar-refractivity contribution in [2.75, 3.05) is 13.1 Å². The predicted molar refractivity (Wildman–Crippen MR) is 80.5 cm³/mol. The maximum Gasteiger partial charge on any atom is 0.276 e. The van der Waals surface area contributed by atoms with Crippen molar-refractivity contribution in [1.29, 1.82) is 0 Å².